The SMILES string of the molecule is COc1ccc(-c2nc3ccccn3c2NC(=O)CCl)cc1. The zero-order valence-corrected chi connectivity index (χ0v) is 12.7. The number of ether oxygens (including phenoxy) is 1. The van der Waals surface area contributed by atoms with Crippen LogP contribution in [-0.4, -0.2) is 28.3 Å². The van der Waals surface area contributed by atoms with Gasteiger partial charge in [-0.05, 0) is 36.4 Å². The molecule has 0 unspecified atom stereocenters. The number of nitrogens with one attached hydrogen (secondary N) is 1. The van der Waals surface area contributed by atoms with Crippen LogP contribution < -0.4 is 10.1 Å². The van der Waals surface area contributed by atoms with Gasteiger partial charge in [0.05, 0.1) is 7.11 Å². The minimum absolute atomic E-state index is 0.109. The molecule has 3 aromatic rings. The number of methoxy groups -OCH3 is 1. The van der Waals surface area contributed by atoms with Crippen LogP contribution in [0.1, 0.15) is 0 Å². The molecule has 0 radical (unpaired) electrons. The van der Waals surface area contributed by atoms with E-state index in [2.05, 4.69) is 10.3 Å². The Morgan fingerprint density at radius 1 is 1.27 bits per heavy atom. The quantitative estimate of drug-likeness (QED) is 0.752. The van der Waals surface area contributed by atoms with Crippen molar-refractivity contribution >= 4 is 29.0 Å². The zero-order valence-electron chi connectivity index (χ0n) is 11.9. The Hall–Kier alpha value is -2.53. The summed E-state index contributed by atoms with van der Waals surface area (Å²) in [6.07, 6.45) is 1.85. The molecule has 6 heteroatoms. The monoisotopic (exact) mass is 315 g/mol. The molecular weight excluding hydrogens is 302 g/mol. The maximum absolute atomic E-state index is 11.7. The number of carbonyl (C=O) groups excluding carboxylic acids is 1. The van der Waals surface area contributed by atoms with E-state index in [0.29, 0.717) is 11.5 Å². The average Bonchev–Trinajstić information content (AvgIpc) is 2.93. The number of imidazole rings is 1. The summed E-state index contributed by atoms with van der Waals surface area (Å²) in [6, 6.07) is 13.2. The van der Waals surface area contributed by atoms with Gasteiger partial charge in [0, 0.05) is 11.8 Å². The van der Waals surface area contributed by atoms with E-state index in [4.69, 9.17) is 16.3 Å². The molecule has 0 aliphatic rings. The van der Waals surface area contributed by atoms with E-state index >= 15 is 0 Å². The largest absolute Gasteiger partial charge is 0.497 e. The van der Waals surface area contributed by atoms with Crippen molar-refractivity contribution in [3.63, 3.8) is 0 Å². The highest BCUT2D eigenvalue weighted by molar-refractivity contribution is 6.29. The van der Waals surface area contributed by atoms with Gasteiger partial charge >= 0.3 is 0 Å². The molecule has 0 fully saturated rings. The van der Waals surface area contributed by atoms with Gasteiger partial charge in [-0.3, -0.25) is 9.20 Å². The summed E-state index contributed by atoms with van der Waals surface area (Å²) < 4.78 is 6.99. The van der Waals surface area contributed by atoms with Crippen LogP contribution in [0.5, 0.6) is 5.75 Å². The summed E-state index contributed by atoms with van der Waals surface area (Å²) >= 11 is 5.60. The highest BCUT2D eigenvalue weighted by Gasteiger charge is 2.15. The van der Waals surface area contributed by atoms with Crippen molar-refractivity contribution < 1.29 is 9.53 Å². The summed E-state index contributed by atoms with van der Waals surface area (Å²) in [7, 11) is 1.62. The summed E-state index contributed by atoms with van der Waals surface area (Å²) in [5.41, 5.74) is 2.32. The minimum atomic E-state index is -0.276. The third-order valence-electron chi connectivity index (χ3n) is 3.27. The number of alkyl halides is 1. The predicted molar refractivity (Wildman–Crippen MR) is 86.5 cm³/mol. The molecule has 1 N–H and O–H groups in total. The highest BCUT2D eigenvalue weighted by atomic mass is 35.5. The lowest BCUT2D eigenvalue weighted by Crippen LogP contribution is -2.14. The lowest BCUT2D eigenvalue weighted by molar-refractivity contribution is -0.113. The van der Waals surface area contributed by atoms with Crippen LogP contribution in [0.4, 0.5) is 5.82 Å². The first-order chi connectivity index (χ1) is 10.7. The van der Waals surface area contributed by atoms with Gasteiger partial charge in [-0.15, -0.1) is 11.6 Å². The van der Waals surface area contributed by atoms with Gasteiger partial charge < -0.3 is 10.1 Å². The van der Waals surface area contributed by atoms with Crippen LogP contribution in [0, 0.1) is 0 Å². The number of benzene rings is 1. The van der Waals surface area contributed by atoms with Crippen LogP contribution in [-0.2, 0) is 4.79 Å². The topological polar surface area (TPSA) is 55.6 Å². The lowest BCUT2D eigenvalue weighted by atomic mass is 10.1. The summed E-state index contributed by atoms with van der Waals surface area (Å²) in [4.78, 5) is 16.3. The predicted octanol–water partition coefficient (Wildman–Crippen LogP) is 3.19. The smallest absolute Gasteiger partial charge is 0.240 e. The fourth-order valence-corrected chi connectivity index (χ4v) is 2.30. The van der Waals surface area contributed by atoms with Crippen molar-refractivity contribution in [2.75, 3.05) is 18.3 Å². The number of aromatic nitrogens is 2. The molecule has 0 saturated carbocycles. The number of pyridine rings is 1. The fourth-order valence-electron chi connectivity index (χ4n) is 2.23. The number of halogens is 1. The van der Waals surface area contributed by atoms with E-state index in [1.807, 2.05) is 53.1 Å². The second kappa shape index (κ2) is 6.07. The molecule has 1 amide bonds. The third-order valence-corrected chi connectivity index (χ3v) is 3.52. The molecule has 0 saturated heterocycles. The molecule has 22 heavy (non-hydrogen) atoms. The molecule has 0 aliphatic heterocycles. The normalized spacial score (nSPS) is 10.6. The Labute approximate surface area is 132 Å². The second-order valence-electron chi connectivity index (χ2n) is 4.65. The van der Waals surface area contributed by atoms with Crippen molar-refractivity contribution in [3.8, 4) is 17.0 Å². The molecule has 1 aromatic carbocycles. The van der Waals surface area contributed by atoms with Crippen LogP contribution in [0.15, 0.2) is 48.7 Å². The number of rotatable bonds is 4. The van der Waals surface area contributed by atoms with Crippen molar-refractivity contribution in [1.82, 2.24) is 9.38 Å². The number of anilines is 1. The van der Waals surface area contributed by atoms with Crippen LogP contribution in [0.25, 0.3) is 16.9 Å². The number of hydrogen-bond donors (Lipinski definition) is 1. The van der Waals surface area contributed by atoms with E-state index in [0.717, 1.165) is 17.0 Å². The van der Waals surface area contributed by atoms with Crippen molar-refractivity contribution in [3.05, 3.63) is 48.7 Å². The summed E-state index contributed by atoms with van der Waals surface area (Å²) in [5.74, 6) is 0.981. The number of nitrogens with zero attached hydrogens (tertiary/aromatic N) is 2. The van der Waals surface area contributed by atoms with E-state index in [1.54, 1.807) is 7.11 Å². The first-order valence-corrected chi connectivity index (χ1v) is 7.23. The van der Waals surface area contributed by atoms with Crippen LogP contribution in [0.3, 0.4) is 0 Å². The molecule has 112 valence electrons. The number of hydrogen-bond acceptors (Lipinski definition) is 3. The van der Waals surface area contributed by atoms with Gasteiger partial charge in [0.15, 0.2) is 0 Å². The number of amides is 1. The molecule has 0 spiro atoms. The van der Waals surface area contributed by atoms with E-state index in [9.17, 15) is 4.79 Å². The van der Waals surface area contributed by atoms with Gasteiger partial charge in [-0.25, -0.2) is 4.98 Å². The molecule has 3 rings (SSSR count). The van der Waals surface area contributed by atoms with Crippen molar-refractivity contribution in [2.45, 2.75) is 0 Å². The highest BCUT2D eigenvalue weighted by Crippen LogP contribution is 2.30. The maximum atomic E-state index is 11.7. The van der Waals surface area contributed by atoms with Crippen LogP contribution >= 0.6 is 11.6 Å². The zero-order chi connectivity index (χ0) is 15.5. The molecule has 2 aromatic heterocycles. The molecular formula is C16H14ClN3O2. The molecule has 5 nitrogen and oxygen atoms in total. The first-order valence-electron chi connectivity index (χ1n) is 6.70. The number of carbonyl (C=O) groups is 1. The van der Waals surface area contributed by atoms with E-state index < -0.39 is 0 Å². The van der Waals surface area contributed by atoms with Gasteiger partial charge in [-0.1, -0.05) is 6.07 Å². The Morgan fingerprint density at radius 3 is 2.73 bits per heavy atom. The van der Waals surface area contributed by atoms with Crippen molar-refractivity contribution in [2.24, 2.45) is 0 Å². The van der Waals surface area contributed by atoms with Crippen molar-refractivity contribution in [1.29, 1.82) is 0 Å². The molecule has 0 atom stereocenters. The lowest BCUT2D eigenvalue weighted by Gasteiger charge is -2.07. The maximum Gasteiger partial charge on any atom is 0.240 e. The van der Waals surface area contributed by atoms with Gasteiger partial charge in [0.1, 0.15) is 28.8 Å². The van der Waals surface area contributed by atoms with Gasteiger partial charge in [0.25, 0.3) is 0 Å². The Kier molecular flexibility index (Phi) is 3.98. The fraction of sp³-hybridized carbons (Fsp3) is 0.125. The molecule has 0 aliphatic carbocycles. The van der Waals surface area contributed by atoms with Gasteiger partial charge in [-0.2, -0.15) is 0 Å². The van der Waals surface area contributed by atoms with E-state index in [1.165, 1.54) is 0 Å². The third kappa shape index (κ3) is 2.63. The van der Waals surface area contributed by atoms with Crippen LogP contribution in [0.2, 0.25) is 0 Å². The Bertz CT molecular complexity index is 812. The Balaban J connectivity index is 2.14. The second-order valence-corrected chi connectivity index (χ2v) is 4.92. The first kappa shape index (κ1) is 14.4. The number of fused-ring (bicyclic) bond motifs is 1. The van der Waals surface area contributed by atoms with E-state index in [-0.39, 0.29) is 11.8 Å². The minimum Gasteiger partial charge on any atom is -0.497 e. The summed E-state index contributed by atoms with van der Waals surface area (Å²) in [5, 5.41) is 2.81. The standard InChI is InChI=1S/C16H14ClN3O2/c1-22-12-7-5-11(6-8-12)15-16(19-14(21)10-17)20-9-3-2-4-13(20)18-15/h2-9H,10H2,1H3,(H,19,21). The average molecular weight is 316 g/mol. The Morgan fingerprint density at radius 2 is 2.05 bits per heavy atom. The molecule has 0 bridgehead atoms. The summed E-state index contributed by atoms with van der Waals surface area (Å²) in [6.45, 7) is 0. The van der Waals surface area contributed by atoms with Gasteiger partial charge in [0.2, 0.25) is 5.91 Å². The molecule has 2 heterocycles.